The standard InChI is InChI=1S/C25H26N4/c1-19-7-9-22(10-8-19)23(18-26)24-11-12-25(28-27-24)29-15-13-21(14-16-29)17-20-5-3-2-4-6-20/h2-12,21,23H,13-17H2,1H3. The summed E-state index contributed by atoms with van der Waals surface area (Å²) in [5, 5.41) is 18.5. The Morgan fingerprint density at radius 3 is 2.31 bits per heavy atom. The molecule has 146 valence electrons. The van der Waals surface area contributed by atoms with Crippen molar-refractivity contribution >= 4 is 5.82 Å². The van der Waals surface area contributed by atoms with Crippen LogP contribution in [0.15, 0.2) is 66.7 Å². The first kappa shape index (κ1) is 19.1. The van der Waals surface area contributed by atoms with Gasteiger partial charge in [0.15, 0.2) is 5.82 Å². The molecule has 1 aliphatic rings. The van der Waals surface area contributed by atoms with Crippen LogP contribution in [0.3, 0.4) is 0 Å². The zero-order chi connectivity index (χ0) is 20.1. The molecule has 2 heterocycles. The van der Waals surface area contributed by atoms with E-state index in [9.17, 15) is 5.26 Å². The SMILES string of the molecule is Cc1ccc(C(C#N)c2ccc(N3CCC(Cc4ccccc4)CC3)nn2)cc1. The van der Waals surface area contributed by atoms with E-state index in [2.05, 4.69) is 51.5 Å². The number of hydrogen-bond donors (Lipinski definition) is 0. The number of anilines is 1. The Bertz CT molecular complexity index is 950. The molecule has 2 aromatic carbocycles. The summed E-state index contributed by atoms with van der Waals surface area (Å²) in [6.07, 6.45) is 3.49. The van der Waals surface area contributed by atoms with Crippen LogP contribution in [-0.2, 0) is 6.42 Å². The highest BCUT2D eigenvalue weighted by Crippen LogP contribution is 2.26. The zero-order valence-corrected chi connectivity index (χ0v) is 16.8. The molecule has 0 spiro atoms. The molecule has 29 heavy (non-hydrogen) atoms. The van der Waals surface area contributed by atoms with Gasteiger partial charge in [-0.1, -0.05) is 60.2 Å². The van der Waals surface area contributed by atoms with Crippen LogP contribution >= 0.6 is 0 Å². The highest BCUT2D eigenvalue weighted by atomic mass is 15.3. The van der Waals surface area contributed by atoms with Crippen LogP contribution in [0, 0.1) is 24.2 Å². The maximum atomic E-state index is 9.64. The van der Waals surface area contributed by atoms with Crippen LogP contribution < -0.4 is 4.90 Å². The summed E-state index contributed by atoms with van der Waals surface area (Å²) in [6.45, 7) is 4.05. The van der Waals surface area contributed by atoms with E-state index >= 15 is 0 Å². The Hall–Kier alpha value is -3.19. The van der Waals surface area contributed by atoms with Gasteiger partial charge in [0.25, 0.3) is 0 Å². The van der Waals surface area contributed by atoms with Crippen molar-refractivity contribution in [2.75, 3.05) is 18.0 Å². The number of hydrogen-bond acceptors (Lipinski definition) is 4. The van der Waals surface area contributed by atoms with E-state index in [-0.39, 0.29) is 5.92 Å². The smallest absolute Gasteiger partial charge is 0.151 e. The molecular weight excluding hydrogens is 356 g/mol. The van der Waals surface area contributed by atoms with E-state index < -0.39 is 0 Å². The van der Waals surface area contributed by atoms with Crippen molar-refractivity contribution in [2.24, 2.45) is 5.92 Å². The second-order valence-electron chi connectivity index (χ2n) is 7.91. The van der Waals surface area contributed by atoms with Gasteiger partial charge in [0.05, 0.1) is 11.8 Å². The molecule has 0 saturated carbocycles. The number of nitrogens with zero attached hydrogens (tertiary/aromatic N) is 4. The van der Waals surface area contributed by atoms with Crippen LogP contribution in [0.2, 0.25) is 0 Å². The van der Waals surface area contributed by atoms with Crippen LogP contribution in [0.4, 0.5) is 5.82 Å². The number of rotatable bonds is 5. The van der Waals surface area contributed by atoms with Crippen molar-refractivity contribution in [2.45, 2.75) is 32.1 Å². The van der Waals surface area contributed by atoms with Gasteiger partial charge >= 0.3 is 0 Å². The fourth-order valence-electron chi connectivity index (χ4n) is 4.04. The van der Waals surface area contributed by atoms with E-state index in [0.717, 1.165) is 36.8 Å². The lowest BCUT2D eigenvalue weighted by atomic mass is 9.90. The molecule has 0 aliphatic carbocycles. The highest BCUT2D eigenvalue weighted by Gasteiger charge is 2.22. The minimum absolute atomic E-state index is 0.381. The Kier molecular flexibility index (Phi) is 5.86. The van der Waals surface area contributed by atoms with Crippen LogP contribution in [0.25, 0.3) is 0 Å². The van der Waals surface area contributed by atoms with Crippen molar-refractivity contribution in [1.82, 2.24) is 10.2 Å². The summed E-state index contributed by atoms with van der Waals surface area (Å²) in [5.74, 6) is 1.26. The van der Waals surface area contributed by atoms with Gasteiger partial charge in [0, 0.05) is 13.1 Å². The van der Waals surface area contributed by atoms with Crippen LogP contribution in [0.5, 0.6) is 0 Å². The van der Waals surface area contributed by atoms with Gasteiger partial charge in [-0.15, -0.1) is 5.10 Å². The van der Waals surface area contributed by atoms with E-state index in [4.69, 9.17) is 0 Å². The van der Waals surface area contributed by atoms with E-state index in [1.54, 1.807) is 0 Å². The number of piperidine rings is 1. The first-order chi connectivity index (χ1) is 14.2. The lowest BCUT2D eigenvalue weighted by Crippen LogP contribution is -2.35. The highest BCUT2D eigenvalue weighted by molar-refractivity contribution is 5.41. The number of aromatic nitrogens is 2. The van der Waals surface area contributed by atoms with Crippen LogP contribution in [-0.4, -0.2) is 23.3 Å². The first-order valence-corrected chi connectivity index (χ1v) is 10.3. The maximum Gasteiger partial charge on any atom is 0.151 e. The molecule has 4 nitrogen and oxygen atoms in total. The molecule has 4 heteroatoms. The van der Waals surface area contributed by atoms with Crippen molar-refractivity contribution in [3.8, 4) is 6.07 Å². The van der Waals surface area contributed by atoms with E-state index in [0.29, 0.717) is 5.69 Å². The molecule has 1 aliphatic heterocycles. The summed E-state index contributed by atoms with van der Waals surface area (Å²) in [7, 11) is 0. The molecule has 0 amide bonds. The molecule has 1 atom stereocenters. The second kappa shape index (κ2) is 8.87. The van der Waals surface area contributed by atoms with Gasteiger partial charge in [-0.25, -0.2) is 0 Å². The van der Waals surface area contributed by atoms with E-state index in [1.165, 1.54) is 24.0 Å². The molecule has 4 rings (SSSR count). The van der Waals surface area contributed by atoms with Gasteiger partial charge in [-0.05, 0) is 55.4 Å². The molecule has 3 aromatic rings. The second-order valence-corrected chi connectivity index (χ2v) is 7.91. The van der Waals surface area contributed by atoms with Gasteiger partial charge in [-0.3, -0.25) is 0 Å². The topological polar surface area (TPSA) is 52.8 Å². The molecule has 0 radical (unpaired) electrons. The van der Waals surface area contributed by atoms with E-state index in [1.807, 2.05) is 43.3 Å². The Labute approximate surface area is 172 Å². The maximum absolute atomic E-state index is 9.64. The monoisotopic (exact) mass is 382 g/mol. The minimum atomic E-state index is -0.381. The van der Waals surface area contributed by atoms with Crippen LogP contribution in [0.1, 0.15) is 41.1 Å². The summed E-state index contributed by atoms with van der Waals surface area (Å²) < 4.78 is 0. The molecule has 1 saturated heterocycles. The number of nitriles is 1. The third-order valence-corrected chi connectivity index (χ3v) is 5.81. The molecule has 0 bridgehead atoms. The Morgan fingerprint density at radius 1 is 0.966 bits per heavy atom. The summed E-state index contributed by atoms with van der Waals surface area (Å²) in [6, 6.07) is 25.1. The Balaban J connectivity index is 1.38. The fourth-order valence-corrected chi connectivity index (χ4v) is 4.04. The lowest BCUT2D eigenvalue weighted by molar-refractivity contribution is 0.401. The quantitative estimate of drug-likeness (QED) is 0.630. The van der Waals surface area contributed by atoms with Crippen molar-refractivity contribution in [3.63, 3.8) is 0 Å². The molecular formula is C25H26N4. The third-order valence-electron chi connectivity index (χ3n) is 5.81. The molecule has 0 N–H and O–H groups in total. The zero-order valence-electron chi connectivity index (χ0n) is 16.8. The molecule has 1 fully saturated rings. The average Bonchev–Trinajstić information content (AvgIpc) is 2.77. The van der Waals surface area contributed by atoms with Gasteiger partial charge in [0.1, 0.15) is 5.92 Å². The third kappa shape index (κ3) is 4.63. The average molecular weight is 383 g/mol. The number of aryl methyl sites for hydroxylation is 1. The first-order valence-electron chi connectivity index (χ1n) is 10.3. The van der Waals surface area contributed by atoms with Gasteiger partial charge < -0.3 is 4.90 Å². The summed E-state index contributed by atoms with van der Waals surface area (Å²) in [4.78, 5) is 2.31. The largest absolute Gasteiger partial charge is 0.355 e. The van der Waals surface area contributed by atoms with Gasteiger partial charge in [-0.2, -0.15) is 10.4 Å². The molecule has 1 aromatic heterocycles. The molecule has 1 unspecified atom stereocenters. The predicted molar refractivity (Wildman–Crippen MR) is 116 cm³/mol. The fraction of sp³-hybridized carbons (Fsp3) is 0.320. The van der Waals surface area contributed by atoms with Crippen molar-refractivity contribution in [1.29, 1.82) is 5.26 Å². The minimum Gasteiger partial charge on any atom is -0.355 e. The Morgan fingerprint density at radius 2 is 1.69 bits per heavy atom. The normalized spacial score (nSPS) is 15.7. The summed E-state index contributed by atoms with van der Waals surface area (Å²) in [5.41, 5.74) is 4.28. The van der Waals surface area contributed by atoms with Crippen molar-refractivity contribution < 1.29 is 0 Å². The lowest BCUT2D eigenvalue weighted by Gasteiger charge is -2.32. The summed E-state index contributed by atoms with van der Waals surface area (Å²) >= 11 is 0. The van der Waals surface area contributed by atoms with Crippen molar-refractivity contribution in [3.05, 3.63) is 89.1 Å². The van der Waals surface area contributed by atoms with Gasteiger partial charge in [0.2, 0.25) is 0 Å². The predicted octanol–water partition coefficient (Wildman–Crippen LogP) is 4.90. The number of benzene rings is 2.